The lowest BCUT2D eigenvalue weighted by molar-refractivity contribution is 0.0994. The van der Waals surface area contributed by atoms with E-state index in [0.29, 0.717) is 5.02 Å². The molecule has 0 aliphatic heterocycles. The number of carbonyl (C=O) groups is 1. The van der Waals surface area contributed by atoms with Crippen LogP contribution in [0.25, 0.3) is 0 Å². The monoisotopic (exact) mass is 281 g/mol. The van der Waals surface area contributed by atoms with E-state index in [1.807, 2.05) is 0 Å². The van der Waals surface area contributed by atoms with Crippen LogP contribution in [0.3, 0.4) is 0 Å². The highest BCUT2D eigenvalue weighted by Crippen LogP contribution is 2.20. The molecule has 0 bridgehead atoms. The normalized spacial score (nSPS) is 10.5. The van der Waals surface area contributed by atoms with Gasteiger partial charge < -0.3 is 5.73 Å². The number of ketones is 1. The van der Waals surface area contributed by atoms with Gasteiger partial charge in [0.2, 0.25) is 0 Å². The molecule has 0 unspecified atom stereocenters. The van der Waals surface area contributed by atoms with Crippen LogP contribution in [-0.4, -0.2) is 5.78 Å². The Bertz CT molecular complexity index is 623. The zero-order valence-electron chi connectivity index (χ0n) is 9.79. The lowest BCUT2D eigenvalue weighted by Crippen LogP contribution is -2.07. The van der Waals surface area contributed by atoms with Crippen LogP contribution in [0.2, 0.25) is 5.02 Å². The Balaban J connectivity index is 2.25. The van der Waals surface area contributed by atoms with Crippen molar-refractivity contribution in [2.45, 2.75) is 6.42 Å². The van der Waals surface area contributed by atoms with Crippen molar-refractivity contribution >= 4 is 23.1 Å². The fraction of sp³-hybridized carbons (Fsp3) is 0.0714. The summed E-state index contributed by atoms with van der Waals surface area (Å²) in [7, 11) is 0. The Morgan fingerprint density at radius 1 is 1.11 bits per heavy atom. The van der Waals surface area contributed by atoms with Crippen molar-refractivity contribution in [3.63, 3.8) is 0 Å². The van der Waals surface area contributed by atoms with Gasteiger partial charge in [0, 0.05) is 28.8 Å². The van der Waals surface area contributed by atoms with E-state index in [-0.39, 0.29) is 29.0 Å². The third kappa shape index (κ3) is 3.29. The molecule has 0 fully saturated rings. The van der Waals surface area contributed by atoms with Crippen molar-refractivity contribution in [1.29, 1.82) is 0 Å². The highest BCUT2D eigenvalue weighted by atomic mass is 35.5. The number of benzene rings is 2. The first-order valence-corrected chi connectivity index (χ1v) is 5.86. The number of nitrogen functional groups attached to an aromatic ring is 1. The van der Waals surface area contributed by atoms with Gasteiger partial charge >= 0.3 is 0 Å². The molecule has 0 heterocycles. The minimum Gasteiger partial charge on any atom is -0.398 e. The maximum absolute atomic E-state index is 13.0. The molecule has 0 saturated heterocycles. The molecule has 2 nitrogen and oxygen atoms in total. The molecule has 2 rings (SSSR count). The van der Waals surface area contributed by atoms with Gasteiger partial charge in [-0.15, -0.1) is 0 Å². The largest absolute Gasteiger partial charge is 0.398 e. The molecule has 5 heteroatoms. The zero-order chi connectivity index (χ0) is 14.0. The van der Waals surface area contributed by atoms with Crippen LogP contribution in [0, 0.1) is 11.6 Å². The molecule has 2 aromatic rings. The minimum atomic E-state index is -0.716. The lowest BCUT2D eigenvalue weighted by Gasteiger charge is -2.06. The maximum Gasteiger partial charge on any atom is 0.169 e. The Morgan fingerprint density at radius 2 is 1.74 bits per heavy atom. The summed E-state index contributed by atoms with van der Waals surface area (Å²) in [4.78, 5) is 12.0. The third-order valence-electron chi connectivity index (χ3n) is 2.60. The average molecular weight is 282 g/mol. The van der Waals surface area contributed by atoms with Gasteiger partial charge in [-0.05, 0) is 35.9 Å². The van der Waals surface area contributed by atoms with Crippen LogP contribution < -0.4 is 5.73 Å². The summed E-state index contributed by atoms with van der Waals surface area (Å²) >= 11 is 5.73. The summed E-state index contributed by atoms with van der Waals surface area (Å²) in [5, 5.41) is 0.422. The first kappa shape index (κ1) is 13.5. The smallest absolute Gasteiger partial charge is 0.169 e. The Labute approximate surface area is 113 Å². The van der Waals surface area contributed by atoms with Gasteiger partial charge in [-0.25, -0.2) is 8.78 Å². The Hall–Kier alpha value is -1.94. The average Bonchev–Trinajstić information content (AvgIpc) is 2.26. The van der Waals surface area contributed by atoms with E-state index in [4.69, 9.17) is 17.3 Å². The molecule has 0 saturated carbocycles. The van der Waals surface area contributed by atoms with Crippen LogP contribution in [0.1, 0.15) is 15.9 Å². The number of Topliss-reactive ketones (excluding diaryl/α,β-unsaturated/α-hetero) is 1. The standard InChI is InChI=1S/C14H10ClF2NO/c15-9-1-2-12(13(18)6-9)14(19)5-8-3-10(16)7-11(17)4-8/h1-4,6-7H,5,18H2. The number of carbonyl (C=O) groups excluding carboxylic acids is 1. The van der Waals surface area contributed by atoms with Gasteiger partial charge in [0.25, 0.3) is 0 Å². The summed E-state index contributed by atoms with van der Waals surface area (Å²) in [6.07, 6.45) is -0.124. The molecule has 2 N–H and O–H groups in total. The van der Waals surface area contributed by atoms with Crippen molar-refractivity contribution in [3.05, 3.63) is 64.2 Å². The third-order valence-corrected chi connectivity index (χ3v) is 2.84. The topological polar surface area (TPSA) is 43.1 Å². The van der Waals surface area contributed by atoms with Crippen LogP contribution in [0.4, 0.5) is 14.5 Å². The molecular formula is C14H10ClF2NO. The second-order valence-corrected chi connectivity index (χ2v) is 4.55. The quantitative estimate of drug-likeness (QED) is 0.690. The first-order chi connectivity index (χ1) is 8.95. The molecule has 2 aromatic carbocycles. The summed E-state index contributed by atoms with van der Waals surface area (Å²) in [6, 6.07) is 7.48. The number of anilines is 1. The summed E-state index contributed by atoms with van der Waals surface area (Å²) in [6.45, 7) is 0. The highest BCUT2D eigenvalue weighted by Gasteiger charge is 2.12. The molecule has 0 amide bonds. The van der Waals surface area contributed by atoms with E-state index >= 15 is 0 Å². The van der Waals surface area contributed by atoms with Crippen LogP contribution in [0.15, 0.2) is 36.4 Å². The van der Waals surface area contributed by atoms with Crippen molar-refractivity contribution in [2.24, 2.45) is 0 Å². The number of hydrogen-bond donors (Lipinski definition) is 1. The SMILES string of the molecule is Nc1cc(Cl)ccc1C(=O)Cc1cc(F)cc(F)c1. The van der Waals surface area contributed by atoms with E-state index in [2.05, 4.69) is 0 Å². The second kappa shape index (κ2) is 5.36. The van der Waals surface area contributed by atoms with E-state index in [9.17, 15) is 13.6 Å². The van der Waals surface area contributed by atoms with Crippen molar-refractivity contribution < 1.29 is 13.6 Å². The molecule has 98 valence electrons. The minimum absolute atomic E-state index is 0.124. The number of hydrogen-bond acceptors (Lipinski definition) is 2. The summed E-state index contributed by atoms with van der Waals surface area (Å²) in [5.41, 5.74) is 6.47. The maximum atomic E-state index is 13.0. The molecule has 0 aliphatic rings. The van der Waals surface area contributed by atoms with Crippen LogP contribution in [-0.2, 0) is 6.42 Å². The van der Waals surface area contributed by atoms with E-state index in [1.54, 1.807) is 0 Å². The van der Waals surface area contributed by atoms with Gasteiger partial charge in [-0.2, -0.15) is 0 Å². The molecule has 0 spiro atoms. The van der Waals surface area contributed by atoms with Gasteiger partial charge in [0.05, 0.1) is 0 Å². The van der Waals surface area contributed by atoms with Crippen molar-refractivity contribution in [1.82, 2.24) is 0 Å². The molecular weight excluding hydrogens is 272 g/mol. The second-order valence-electron chi connectivity index (χ2n) is 4.11. The highest BCUT2D eigenvalue weighted by molar-refractivity contribution is 6.31. The van der Waals surface area contributed by atoms with Gasteiger partial charge in [-0.3, -0.25) is 4.79 Å². The van der Waals surface area contributed by atoms with Gasteiger partial charge in [0.15, 0.2) is 5.78 Å². The molecule has 0 atom stereocenters. The predicted molar refractivity (Wildman–Crippen MR) is 70.3 cm³/mol. The lowest BCUT2D eigenvalue weighted by atomic mass is 10.0. The van der Waals surface area contributed by atoms with E-state index in [1.165, 1.54) is 18.2 Å². The van der Waals surface area contributed by atoms with Crippen LogP contribution >= 0.6 is 11.6 Å². The number of rotatable bonds is 3. The van der Waals surface area contributed by atoms with E-state index in [0.717, 1.165) is 18.2 Å². The number of halogens is 3. The molecule has 0 radical (unpaired) electrons. The van der Waals surface area contributed by atoms with Gasteiger partial charge in [-0.1, -0.05) is 11.6 Å². The van der Waals surface area contributed by atoms with Crippen molar-refractivity contribution in [2.75, 3.05) is 5.73 Å². The zero-order valence-corrected chi connectivity index (χ0v) is 10.5. The summed E-state index contributed by atoms with van der Waals surface area (Å²) < 4.78 is 26.0. The van der Waals surface area contributed by atoms with Crippen molar-refractivity contribution in [3.8, 4) is 0 Å². The fourth-order valence-corrected chi connectivity index (χ4v) is 1.96. The first-order valence-electron chi connectivity index (χ1n) is 5.49. The Morgan fingerprint density at radius 3 is 2.32 bits per heavy atom. The molecule has 0 aliphatic carbocycles. The van der Waals surface area contributed by atoms with Gasteiger partial charge in [0.1, 0.15) is 11.6 Å². The van der Waals surface area contributed by atoms with Crippen LogP contribution in [0.5, 0.6) is 0 Å². The Kier molecular flexibility index (Phi) is 3.81. The number of nitrogens with two attached hydrogens (primary N) is 1. The molecule has 0 aromatic heterocycles. The van der Waals surface area contributed by atoms with E-state index < -0.39 is 11.6 Å². The molecule has 19 heavy (non-hydrogen) atoms. The predicted octanol–water partition coefficient (Wildman–Crippen LogP) is 3.63. The fourth-order valence-electron chi connectivity index (χ4n) is 1.78. The summed E-state index contributed by atoms with van der Waals surface area (Å²) in [5.74, 6) is -1.75.